The van der Waals surface area contributed by atoms with Crippen LogP contribution in [0.15, 0.2) is 0 Å². The minimum atomic E-state index is -0.824. The van der Waals surface area contributed by atoms with Gasteiger partial charge in [0.05, 0.1) is 11.5 Å². The van der Waals surface area contributed by atoms with Gasteiger partial charge >= 0.3 is 12.0 Å². The fourth-order valence-electron chi connectivity index (χ4n) is 2.57. The lowest BCUT2D eigenvalue weighted by atomic mass is 9.74. The smallest absolute Gasteiger partial charge is 0.321 e. The highest BCUT2D eigenvalue weighted by molar-refractivity contribution is 5.96. The summed E-state index contributed by atoms with van der Waals surface area (Å²) in [5, 5.41) is 13.9. The van der Waals surface area contributed by atoms with Gasteiger partial charge in [0.1, 0.15) is 0 Å². The number of rotatable bonds is 4. The van der Waals surface area contributed by atoms with Crippen LogP contribution in [0, 0.1) is 11.3 Å². The SMILES string of the molecule is CNC(=O)NC(=O)C(C)N1CCCC(C(C)(C)C(=O)O)C1. The Bertz CT molecular complexity index is 422. The number of carbonyl (C=O) groups is 3. The van der Waals surface area contributed by atoms with Crippen molar-refractivity contribution in [2.45, 2.75) is 39.7 Å². The van der Waals surface area contributed by atoms with Gasteiger partial charge < -0.3 is 10.4 Å². The van der Waals surface area contributed by atoms with Crippen LogP contribution in [0.4, 0.5) is 4.79 Å². The molecule has 7 nitrogen and oxygen atoms in total. The number of nitrogens with zero attached hydrogens (tertiary/aromatic N) is 1. The molecule has 120 valence electrons. The number of hydrogen-bond acceptors (Lipinski definition) is 4. The second kappa shape index (κ2) is 6.89. The Hall–Kier alpha value is -1.63. The fraction of sp³-hybridized carbons (Fsp3) is 0.786. The molecular formula is C14H25N3O4. The molecule has 1 aliphatic heterocycles. The first-order valence-corrected chi connectivity index (χ1v) is 7.20. The lowest BCUT2D eigenvalue weighted by molar-refractivity contribution is -0.151. The van der Waals surface area contributed by atoms with E-state index in [1.54, 1.807) is 20.8 Å². The minimum absolute atomic E-state index is 0.0148. The number of carboxylic acids is 1. The average molecular weight is 299 g/mol. The molecule has 7 heteroatoms. The van der Waals surface area contributed by atoms with E-state index in [2.05, 4.69) is 10.6 Å². The third kappa shape index (κ3) is 4.17. The maximum atomic E-state index is 12.0. The van der Waals surface area contributed by atoms with Gasteiger partial charge in [-0.05, 0) is 46.1 Å². The van der Waals surface area contributed by atoms with Gasteiger partial charge in [-0.3, -0.25) is 19.8 Å². The van der Waals surface area contributed by atoms with Crippen molar-refractivity contribution in [1.29, 1.82) is 0 Å². The van der Waals surface area contributed by atoms with Crippen molar-refractivity contribution < 1.29 is 19.5 Å². The van der Waals surface area contributed by atoms with E-state index < -0.39 is 23.5 Å². The van der Waals surface area contributed by atoms with Crippen LogP contribution in [0.25, 0.3) is 0 Å². The summed E-state index contributed by atoms with van der Waals surface area (Å²) < 4.78 is 0. The molecule has 0 aliphatic carbocycles. The highest BCUT2D eigenvalue weighted by atomic mass is 16.4. The molecule has 1 fully saturated rings. The van der Waals surface area contributed by atoms with Crippen LogP contribution < -0.4 is 10.6 Å². The third-order valence-electron chi connectivity index (χ3n) is 4.42. The summed E-state index contributed by atoms with van der Waals surface area (Å²) in [5.74, 6) is -1.21. The summed E-state index contributed by atoms with van der Waals surface area (Å²) in [7, 11) is 1.44. The van der Waals surface area contributed by atoms with Crippen molar-refractivity contribution in [2.75, 3.05) is 20.1 Å². The summed E-state index contributed by atoms with van der Waals surface area (Å²) >= 11 is 0. The largest absolute Gasteiger partial charge is 0.481 e. The van der Waals surface area contributed by atoms with Crippen molar-refractivity contribution in [2.24, 2.45) is 11.3 Å². The van der Waals surface area contributed by atoms with Crippen molar-refractivity contribution in [1.82, 2.24) is 15.5 Å². The van der Waals surface area contributed by atoms with Crippen LogP contribution in [-0.2, 0) is 9.59 Å². The van der Waals surface area contributed by atoms with E-state index in [0.717, 1.165) is 19.4 Å². The molecule has 3 N–H and O–H groups in total. The van der Waals surface area contributed by atoms with Gasteiger partial charge in [-0.25, -0.2) is 4.79 Å². The number of aliphatic carboxylic acids is 1. The Balaban J connectivity index is 2.70. The van der Waals surface area contributed by atoms with Gasteiger partial charge in [0, 0.05) is 13.6 Å². The highest BCUT2D eigenvalue weighted by Crippen LogP contribution is 2.34. The summed E-state index contributed by atoms with van der Waals surface area (Å²) in [6.07, 6.45) is 1.68. The van der Waals surface area contributed by atoms with E-state index in [9.17, 15) is 19.5 Å². The topological polar surface area (TPSA) is 98.7 Å². The zero-order chi connectivity index (χ0) is 16.2. The number of urea groups is 1. The third-order valence-corrected chi connectivity index (χ3v) is 4.42. The molecule has 0 bridgehead atoms. The van der Waals surface area contributed by atoms with Crippen LogP contribution >= 0.6 is 0 Å². The van der Waals surface area contributed by atoms with E-state index >= 15 is 0 Å². The molecule has 1 rings (SSSR count). The molecule has 21 heavy (non-hydrogen) atoms. The minimum Gasteiger partial charge on any atom is -0.481 e. The second-order valence-electron chi connectivity index (χ2n) is 6.11. The first kappa shape index (κ1) is 17.4. The number of piperidine rings is 1. The molecule has 1 saturated heterocycles. The molecule has 2 atom stereocenters. The Morgan fingerprint density at radius 3 is 2.48 bits per heavy atom. The number of nitrogens with one attached hydrogen (secondary N) is 2. The maximum Gasteiger partial charge on any atom is 0.321 e. The monoisotopic (exact) mass is 299 g/mol. The number of carbonyl (C=O) groups excluding carboxylic acids is 2. The van der Waals surface area contributed by atoms with Gasteiger partial charge in [0.25, 0.3) is 0 Å². The molecule has 0 aromatic carbocycles. The summed E-state index contributed by atoms with van der Waals surface area (Å²) in [5.41, 5.74) is -0.824. The quantitative estimate of drug-likeness (QED) is 0.708. The predicted molar refractivity (Wildman–Crippen MR) is 77.8 cm³/mol. The molecule has 2 unspecified atom stereocenters. The molecule has 1 heterocycles. The molecular weight excluding hydrogens is 274 g/mol. The van der Waals surface area contributed by atoms with Gasteiger partial charge in [0.15, 0.2) is 0 Å². The zero-order valence-electron chi connectivity index (χ0n) is 13.1. The lowest BCUT2D eigenvalue weighted by Gasteiger charge is -2.41. The van der Waals surface area contributed by atoms with Gasteiger partial charge in [-0.1, -0.05) is 0 Å². The molecule has 0 aromatic rings. The van der Waals surface area contributed by atoms with E-state index in [0.29, 0.717) is 6.54 Å². The van der Waals surface area contributed by atoms with E-state index in [1.807, 2.05) is 4.90 Å². The summed E-state index contributed by atoms with van der Waals surface area (Å²) in [6.45, 7) is 6.45. The Morgan fingerprint density at radius 1 is 1.33 bits per heavy atom. The van der Waals surface area contributed by atoms with Crippen LogP contribution in [0.5, 0.6) is 0 Å². The molecule has 1 aliphatic rings. The highest BCUT2D eigenvalue weighted by Gasteiger charge is 2.40. The van der Waals surface area contributed by atoms with E-state index in [1.165, 1.54) is 7.05 Å². The van der Waals surface area contributed by atoms with Crippen LogP contribution in [0.2, 0.25) is 0 Å². The number of hydrogen-bond donors (Lipinski definition) is 3. The molecule has 0 saturated carbocycles. The number of likely N-dealkylation sites (tertiary alicyclic amines) is 1. The summed E-state index contributed by atoms with van der Waals surface area (Å²) in [6, 6.07) is -0.999. The number of imide groups is 1. The van der Waals surface area contributed by atoms with Crippen LogP contribution in [0.1, 0.15) is 33.6 Å². The van der Waals surface area contributed by atoms with E-state index in [4.69, 9.17) is 0 Å². The average Bonchev–Trinajstić information content (AvgIpc) is 2.46. The predicted octanol–water partition coefficient (Wildman–Crippen LogP) is 0.653. The zero-order valence-corrected chi connectivity index (χ0v) is 13.1. The Morgan fingerprint density at radius 2 is 1.95 bits per heavy atom. The van der Waals surface area contributed by atoms with Crippen molar-refractivity contribution >= 4 is 17.9 Å². The molecule has 3 amide bonds. The number of amides is 3. The van der Waals surface area contributed by atoms with Gasteiger partial charge in [-0.2, -0.15) is 0 Å². The molecule has 0 aromatic heterocycles. The van der Waals surface area contributed by atoms with Gasteiger partial charge in [-0.15, -0.1) is 0 Å². The van der Waals surface area contributed by atoms with Gasteiger partial charge in [0.2, 0.25) is 5.91 Å². The van der Waals surface area contributed by atoms with Crippen LogP contribution in [0.3, 0.4) is 0 Å². The Labute approximate surface area is 125 Å². The van der Waals surface area contributed by atoms with E-state index in [-0.39, 0.29) is 11.8 Å². The fourth-order valence-corrected chi connectivity index (χ4v) is 2.57. The number of carboxylic acid groups (broad SMARTS) is 1. The van der Waals surface area contributed by atoms with Crippen LogP contribution in [-0.4, -0.2) is 54.1 Å². The first-order valence-electron chi connectivity index (χ1n) is 7.20. The van der Waals surface area contributed by atoms with Crippen molar-refractivity contribution in [3.63, 3.8) is 0 Å². The Kier molecular flexibility index (Phi) is 5.71. The standard InChI is InChI=1S/C14H25N3O4/c1-9(11(18)16-13(21)15-4)17-7-5-6-10(8-17)14(2,3)12(19)20/h9-10H,5-8H2,1-4H3,(H,19,20)(H2,15,16,18,21). The summed E-state index contributed by atoms with van der Waals surface area (Å²) in [4.78, 5) is 36.5. The van der Waals surface area contributed by atoms with Crippen molar-refractivity contribution in [3.05, 3.63) is 0 Å². The second-order valence-corrected chi connectivity index (χ2v) is 6.11. The maximum absolute atomic E-state index is 12.0. The molecule has 0 radical (unpaired) electrons. The normalized spacial score (nSPS) is 21.4. The lowest BCUT2D eigenvalue weighted by Crippen LogP contribution is -2.53. The van der Waals surface area contributed by atoms with Crippen molar-refractivity contribution in [3.8, 4) is 0 Å². The molecule has 0 spiro atoms. The first-order chi connectivity index (χ1) is 9.70.